The normalized spacial score (nSPS) is 12.7. The summed E-state index contributed by atoms with van der Waals surface area (Å²) in [5.41, 5.74) is 1.09. The number of benzene rings is 2. The number of carboxylic acid groups (broad SMARTS) is 1. The summed E-state index contributed by atoms with van der Waals surface area (Å²) in [6, 6.07) is 13.6. The first-order valence-corrected chi connectivity index (χ1v) is 7.53. The molecule has 0 saturated heterocycles. The number of methoxy groups -OCH3 is 1. The first-order valence-electron chi connectivity index (χ1n) is 7.53. The Morgan fingerprint density at radius 1 is 1.08 bits per heavy atom. The molecule has 7 nitrogen and oxygen atoms in total. The molecule has 7 heteroatoms. The number of nitrogens with one attached hydrogen (secondary N) is 1. The minimum atomic E-state index is -1.54. The fraction of sp³-hybridized carbons (Fsp3) is 0.222. The van der Waals surface area contributed by atoms with Crippen LogP contribution in [0.4, 0.5) is 4.79 Å². The first kappa shape index (κ1) is 18.3. The van der Waals surface area contributed by atoms with Gasteiger partial charge in [0.05, 0.1) is 7.11 Å². The van der Waals surface area contributed by atoms with E-state index >= 15 is 0 Å². The third kappa shape index (κ3) is 5.22. The zero-order valence-electron chi connectivity index (χ0n) is 13.6. The summed E-state index contributed by atoms with van der Waals surface area (Å²) in [6.07, 6.45) is -2.36. The largest absolute Gasteiger partial charge is 0.497 e. The first-order chi connectivity index (χ1) is 12.0. The maximum Gasteiger partial charge on any atom is 0.408 e. The van der Waals surface area contributed by atoms with Gasteiger partial charge in [0, 0.05) is 0 Å². The Morgan fingerprint density at radius 2 is 1.72 bits per heavy atom. The minimum Gasteiger partial charge on any atom is -0.497 e. The maximum absolute atomic E-state index is 11.8. The number of hydrogen-bond acceptors (Lipinski definition) is 5. The van der Waals surface area contributed by atoms with Crippen LogP contribution in [-0.4, -0.2) is 35.4 Å². The number of hydrogen-bond donors (Lipinski definition) is 3. The van der Waals surface area contributed by atoms with Crippen LogP contribution in [0.5, 0.6) is 5.75 Å². The van der Waals surface area contributed by atoms with E-state index in [9.17, 15) is 19.8 Å². The van der Waals surface area contributed by atoms with E-state index in [1.54, 1.807) is 36.4 Å². The lowest BCUT2D eigenvalue weighted by atomic mass is 10.0. The topological polar surface area (TPSA) is 105 Å². The molecule has 0 aromatic heterocycles. The van der Waals surface area contributed by atoms with Crippen molar-refractivity contribution in [2.75, 3.05) is 7.11 Å². The van der Waals surface area contributed by atoms with Crippen LogP contribution in [0.3, 0.4) is 0 Å². The number of alkyl carbamates (subject to hydrolysis) is 1. The predicted octanol–water partition coefficient (Wildman–Crippen LogP) is 2.11. The van der Waals surface area contributed by atoms with Gasteiger partial charge < -0.3 is 25.0 Å². The number of carbonyl (C=O) groups excluding carboxylic acids is 1. The number of aliphatic hydroxyl groups excluding tert-OH is 1. The Bertz CT molecular complexity index is 701. The van der Waals surface area contributed by atoms with Crippen molar-refractivity contribution >= 4 is 12.1 Å². The van der Waals surface area contributed by atoms with Crippen molar-refractivity contribution in [3.05, 3.63) is 65.7 Å². The Morgan fingerprint density at radius 3 is 2.28 bits per heavy atom. The SMILES string of the molecule is COc1ccc(C(O)C(NC(=O)OCc2ccccc2)C(=O)O)cc1. The molecule has 2 aromatic rings. The van der Waals surface area contributed by atoms with Crippen molar-refractivity contribution in [2.45, 2.75) is 18.8 Å². The highest BCUT2D eigenvalue weighted by Gasteiger charge is 2.30. The average molecular weight is 345 g/mol. The average Bonchev–Trinajstić information content (AvgIpc) is 2.64. The Balaban J connectivity index is 1.99. The number of rotatable bonds is 7. The Hall–Kier alpha value is -3.06. The van der Waals surface area contributed by atoms with Gasteiger partial charge in [-0.05, 0) is 23.3 Å². The summed E-state index contributed by atoms with van der Waals surface area (Å²) in [5.74, 6) is -0.807. The van der Waals surface area contributed by atoms with Gasteiger partial charge in [-0.2, -0.15) is 0 Å². The lowest BCUT2D eigenvalue weighted by Crippen LogP contribution is -2.45. The van der Waals surface area contributed by atoms with E-state index in [0.717, 1.165) is 5.56 Å². The number of carboxylic acids is 1. The molecule has 0 heterocycles. The molecule has 2 rings (SSSR count). The van der Waals surface area contributed by atoms with Crippen molar-refractivity contribution in [1.29, 1.82) is 0 Å². The van der Waals surface area contributed by atoms with E-state index in [1.807, 2.05) is 6.07 Å². The second-order valence-corrected chi connectivity index (χ2v) is 5.24. The molecule has 3 N–H and O–H groups in total. The van der Waals surface area contributed by atoms with E-state index in [2.05, 4.69) is 5.32 Å². The van der Waals surface area contributed by atoms with E-state index in [-0.39, 0.29) is 6.61 Å². The van der Waals surface area contributed by atoms with Gasteiger partial charge in [-0.25, -0.2) is 9.59 Å². The molecule has 0 aliphatic rings. The van der Waals surface area contributed by atoms with Gasteiger partial charge >= 0.3 is 12.1 Å². The van der Waals surface area contributed by atoms with Crippen molar-refractivity contribution in [3.8, 4) is 5.75 Å². The van der Waals surface area contributed by atoms with Gasteiger partial charge in [-0.1, -0.05) is 42.5 Å². The summed E-state index contributed by atoms with van der Waals surface area (Å²) in [4.78, 5) is 23.2. The van der Waals surface area contributed by atoms with E-state index in [4.69, 9.17) is 9.47 Å². The zero-order valence-corrected chi connectivity index (χ0v) is 13.6. The monoisotopic (exact) mass is 345 g/mol. The summed E-state index contributed by atoms with van der Waals surface area (Å²) >= 11 is 0. The zero-order chi connectivity index (χ0) is 18.2. The van der Waals surface area contributed by atoms with Crippen molar-refractivity contribution < 1.29 is 29.3 Å². The third-order valence-electron chi connectivity index (χ3n) is 3.53. The van der Waals surface area contributed by atoms with Crippen LogP contribution in [0.2, 0.25) is 0 Å². The standard InChI is InChI=1S/C18H19NO6/c1-24-14-9-7-13(8-10-14)16(20)15(17(21)22)19-18(23)25-11-12-5-3-2-4-6-12/h2-10,15-16,20H,11H2,1H3,(H,19,23)(H,21,22). The number of ether oxygens (including phenoxy) is 2. The molecule has 0 spiro atoms. The maximum atomic E-state index is 11.8. The lowest BCUT2D eigenvalue weighted by molar-refractivity contribution is -0.142. The molecule has 1 amide bonds. The van der Waals surface area contributed by atoms with Gasteiger partial charge in [0.15, 0.2) is 6.04 Å². The van der Waals surface area contributed by atoms with Crippen molar-refractivity contribution in [3.63, 3.8) is 0 Å². The molecule has 0 bridgehead atoms. The lowest BCUT2D eigenvalue weighted by Gasteiger charge is -2.20. The molecule has 2 unspecified atom stereocenters. The van der Waals surface area contributed by atoms with Crippen LogP contribution in [0.25, 0.3) is 0 Å². The fourth-order valence-corrected chi connectivity index (χ4v) is 2.16. The van der Waals surface area contributed by atoms with Gasteiger partial charge in [0.2, 0.25) is 0 Å². The summed E-state index contributed by atoms with van der Waals surface area (Å²) in [5, 5.41) is 21.7. The highest BCUT2D eigenvalue weighted by molar-refractivity contribution is 5.80. The third-order valence-corrected chi connectivity index (χ3v) is 3.53. The van der Waals surface area contributed by atoms with Crippen LogP contribution in [0.15, 0.2) is 54.6 Å². The van der Waals surface area contributed by atoms with Crippen LogP contribution >= 0.6 is 0 Å². The molecule has 0 fully saturated rings. The van der Waals surface area contributed by atoms with Crippen LogP contribution in [-0.2, 0) is 16.1 Å². The van der Waals surface area contributed by atoms with Crippen LogP contribution in [0, 0.1) is 0 Å². The highest BCUT2D eigenvalue weighted by Crippen LogP contribution is 2.20. The van der Waals surface area contributed by atoms with E-state index in [1.165, 1.54) is 19.2 Å². The minimum absolute atomic E-state index is 0.00234. The Labute approximate surface area is 144 Å². The predicted molar refractivity (Wildman–Crippen MR) is 89.1 cm³/mol. The fourth-order valence-electron chi connectivity index (χ4n) is 2.16. The molecule has 132 valence electrons. The molecule has 0 aliphatic carbocycles. The highest BCUT2D eigenvalue weighted by atomic mass is 16.5. The summed E-state index contributed by atoms with van der Waals surface area (Å²) in [6.45, 7) is -0.00234. The number of aliphatic carboxylic acids is 1. The van der Waals surface area contributed by atoms with Gasteiger partial charge in [-0.3, -0.25) is 0 Å². The molecular weight excluding hydrogens is 326 g/mol. The van der Waals surface area contributed by atoms with Gasteiger partial charge in [-0.15, -0.1) is 0 Å². The van der Waals surface area contributed by atoms with E-state index < -0.39 is 24.2 Å². The van der Waals surface area contributed by atoms with Crippen molar-refractivity contribution in [2.24, 2.45) is 0 Å². The number of amides is 1. The van der Waals surface area contributed by atoms with Gasteiger partial charge in [0.1, 0.15) is 18.5 Å². The molecule has 0 saturated carbocycles. The van der Waals surface area contributed by atoms with E-state index in [0.29, 0.717) is 11.3 Å². The second-order valence-electron chi connectivity index (χ2n) is 5.24. The number of aliphatic hydroxyl groups is 1. The number of carbonyl (C=O) groups is 2. The summed E-state index contributed by atoms with van der Waals surface area (Å²) < 4.78 is 9.99. The summed E-state index contributed by atoms with van der Waals surface area (Å²) in [7, 11) is 1.50. The molecule has 2 aromatic carbocycles. The molecular formula is C18H19NO6. The van der Waals surface area contributed by atoms with Crippen LogP contribution < -0.4 is 10.1 Å². The van der Waals surface area contributed by atoms with Crippen molar-refractivity contribution in [1.82, 2.24) is 5.32 Å². The van der Waals surface area contributed by atoms with Crippen LogP contribution in [0.1, 0.15) is 17.2 Å². The molecule has 25 heavy (non-hydrogen) atoms. The molecule has 0 aliphatic heterocycles. The quantitative estimate of drug-likeness (QED) is 0.710. The van der Waals surface area contributed by atoms with Gasteiger partial charge in [0.25, 0.3) is 0 Å². The molecule has 0 radical (unpaired) electrons. The molecule has 2 atom stereocenters. The Kier molecular flexibility index (Phi) is 6.36. The smallest absolute Gasteiger partial charge is 0.408 e. The second kappa shape index (κ2) is 8.70.